The van der Waals surface area contributed by atoms with Crippen LogP contribution in [0.5, 0.6) is 5.75 Å². The van der Waals surface area contributed by atoms with Gasteiger partial charge in [-0.2, -0.15) is 4.39 Å². The third-order valence-corrected chi connectivity index (χ3v) is 2.50. The van der Waals surface area contributed by atoms with E-state index >= 15 is 0 Å². The first-order valence-corrected chi connectivity index (χ1v) is 4.69. The molecule has 0 aromatic heterocycles. The third kappa shape index (κ3) is 1.62. The average molecular weight is 284 g/mol. The van der Waals surface area contributed by atoms with Gasteiger partial charge in [0.05, 0.1) is 17.9 Å². The van der Waals surface area contributed by atoms with E-state index in [1.807, 2.05) is 0 Å². The van der Waals surface area contributed by atoms with E-state index in [2.05, 4.69) is 4.74 Å². The highest BCUT2D eigenvalue weighted by Crippen LogP contribution is 2.38. The zero-order valence-corrected chi connectivity index (χ0v) is 9.05. The molecule has 0 saturated heterocycles. The minimum Gasteiger partial charge on any atom is -0.493 e. The van der Waals surface area contributed by atoms with Crippen LogP contribution in [0, 0.1) is 40.7 Å². The standard InChI is InChI=1S/C11H3F7O/c1-19-11-3-2(5(13)9(17)10(11)18)4(12)7(15)8(16)6(3)14/h1H3. The fraction of sp³-hybridized carbons (Fsp3) is 0.0909. The first-order valence-electron chi connectivity index (χ1n) is 4.69. The number of hydrogen-bond acceptors (Lipinski definition) is 1. The van der Waals surface area contributed by atoms with Crippen molar-refractivity contribution in [1.29, 1.82) is 0 Å². The Kier molecular flexibility index (Phi) is 3.03. The van der Waals surface area contributed by atoms with Crippen molar-refractivity contribution < 1.29 is 35.5 Å². The molecular formula is C11H3F7O. The maximum atomic E-state index is 13.5. The minimum absolute atomic E-state index is 0.744. The van der Waals surface area contributed by atoms with E-state index in [4.69, 9.17) is 0 Å². The number of benzene rings is 2. The van der Waals surface area contributed by atoms with Gasteiger partial charge in [-0.15, -0.1) is 0 Å². The van der Waals surface area contributed by atoms with Crippen molar-refractivity contribution in [2.75, 3.05) is 7.11 Å². The van der Waals surface area contributed by atoms with E-state index in [0.29, 0.717) is 0 Å². The van der Waals surface area contributed by atoms with Crippen molar-refractivity contribution in [3.05, 3.63) is 40.7 Å². The summed E-state index contributed by atoms with van der Waals surface area (Å²) in [6, 6.07) is 0. The molecule has 0 fully saturated rings. The molecular weight excluding hydrogens is 281 g/mol. The normalized spacial score (nSPS) is 11.2. The van der Waals surface area contributed by atoms with Crippen LogP contribution < -0.4 is 4.74 Å². The maximum Gasteiger partial charge on any atom is 0.204 e. The predicted octanol–water partition coefficient (Wildman–Crippen LogP) is 3.82. The van der Waals surface area contributed by atoms with Crippen molar-refractivity contribution in [3.8, 4) is 5.75 Å². The van der Waals surface area contributed by atoms with Gasteiger partial charge in [0, 0.05) is 0 Å². The Morgan fingerprint density at radius 3 is 1.32 bits per heavy atom. The van der Waals surface area contributed by atoms with E-state index < -0.39 is 57.2 Å². The summed E-state index contributed by atoms with van der Waals surface area (Å²) in [6.45, 7) is 0. The number of halogens is 7. The monoisotopic (exact) mass is 284 g/mol. The van der Waals surface area contributed by atoms with Crippen LogP contribution in [0.2, 0.25) is 0 Å². The topological polar surface area (TPSA) is 9.23 Å². The molecule has 1 nitrogen and oxygen atoms in total. The smallest absolute Gasteiger partial charge is 0.204 e. The lowest BCUT2D eigenvalue weighted by molar-refractivity contribution is 0.360. The molecule has 0 aliphatic carbocycles. The summed E-state index contributed by atoms with van der Waals surface area (Å²) < 4.78 is 96.8. The first kappa shape index (κ1) is 13.4. The molecule has 0 amide bonds. The Morgan fingerprint density at radius 2 is 0.895 bits per heavy atom. The van der Waals surface area contributed by atoms with E-state index in [9.17, 15) is 30.7 Å². The van der Waals surface area contributed by atoms with Gasteiger partial charge >= 0.3 is 0 Å². The molecule has 0 radical (unpaired) electrons. The van der Waals surface area contributed by atoms with Crippen LogP contribution in [0.1, 0.15) is 0 Å². The van der Waals surface area contributed by atoms with Crippen molar-refractivity contribution in [2.45, 2.75) is 0 Å². The SMILES string of the molecule is COc1c(F)c(F)c(F)c2c(F)c(F)c(F)c(F)c12. The second-order valence-electron chi connectivity index (χ2n) is 3.48. The van der Waals surface area contributed by atoms with Gasteiger partial charge in [-0.05, 0) is 0 Å². The van der Waals surface area contributed by atoms with Crippen LogP contribution in [-0.4, -0.2) is 7.11 Å². The van der Waals surface area contributed by atoms with Crippen LogP contribution in [-0.2, 0) is 0 Å². The molecule has 2 aromatic carbocycles. The molecule has 8 heteroatoms. The molecule has 0 aliphatic heterocycles. The van der Waals surface area contributed by atoms with E-state index in [1.165, 1.54) is 0 Å². The summed E-state index contributed by atoms with van der Waals surface area (Å²) in [5.41, 5.74) is 0. The molecule has 2 aromatic rings. The fourth-order valence-electron chi connectivity index (χ4n) is 1.66. The fourth-order valence-corrected chi connectivity index (χ4v) is 1.66. The molecule has 102 valence electrons. The van der Waals surface area contributed by atoms with Crippen molar-refractivity contribution in [2.24, 2.45) is 0 Å². The number of hydrogen-bond donors (Lipinski definition) is 0. The van der Waals surface area contributed by atoms with Gasteiger partial charge in [-0.3, -0.25) is 0 Å². The number of methoxy groups -OCH3 is 1. The Balaban J connectivity index is 3.21. The Morgan fingerprint density at radius 1 is 0.526 bits per heavy atom. The number of rotatable bonds is 1. The van der Waals surface area contributed by atoms with E-state index in [-0.39, 0.29) is 0 Å². The average Bonchev–Trinajstić information content (AvgIpc) is 2.40. The number of fused-ring (bicyclic) bond motifs is 1. The quantitative estimate of drug-likeness (QED) is 0.439. The van der Waals surface area contributed by atoms with Crippen LogP contribution in [0.3, 0.4) is 0 Å². The molecule has 0 bridgehead atoms. The van der Waals surface area contributed by atoms with Crippen LogP contribution in [0.25, 0.3) is 10.8 Å². The molecule has 0 heterocycles. The maximum absolute atomic E-state index is 13.5. The Hall–Kier alpha value is -1.99. The number of ether oxygens (including phenoxy) is 1. The summed E-state index contributed by atoms with van der Waals surface area (Å²) in [7, 11) is 0.744. The van der Waals surface area contributed by atoms with Crippen LogP contribution >= 0.6 is 0 Å². The highest BCUT2D eigenvalue weighted by atomic mass is 19.2. The molecule has 2 rings (SSSR count). The molecule has 0 aliphatic rings. The molecule has 0 spiro atoms. The summed E-state index contributed by atoms with van der Waals surface area (Å²) in [4.78, 5) is 0. The van der Waals surface area contributed by atoms with Gasteiger partial charge in [0.15, 0.2) is 40.7 Å². The lowest BCUT2D eigenvalue weighted by Gasteiger charge is -2.11. The van der Waals surface area contributed by atoms with Gasteiger partial charge in [0.2, 0.25) is 5.82 Å². The summed E-state index contributed by atoms with van der Waals surface area (Å²) in [6.07, 6.45) is 0. The Labute approximate surface area is 101 Å². The summed E-state index contributed by atoms with van der Waals surface area (Å²) in [5.74, 6) is -16.5. The van der Waals surface area contributed by atoms with Gasteiger partial charge < -0.3 is 4.74 Å². The predicted molar refractivity (Wildman–Crippen MR) is 50.2 cm³/mol. The van der Waals surface area contributed by atoms with Gasteiger partial charge in [-0.1, -0.05) is 0 Å². The van der Waals surface area contributed by atoms with Crippen molar-refractivity contribution >= 4 is 10.8 Å². The third-order valence-electron chi connectivity index (χ3n) is 2.50. The van der Waals surface area contributed by atoms with Gasteiger partial charge in [-0.25, -0.2) is 26.3 Å². The molecule has 0 saturated carbocycles. The van der Waals surface area contributed by atoms with Gasteiger partial charge in [0.25, 0.3) is 0 Å². The zero-order valence-electron chi connectivity index (χ0n) is 9.05. The summed E-state index contributed by atoms with van der Waals surface area (Å²) in [5, 5.41) is -2.91. The highest BCUT2D eigenvalue weighted by Gasteiger charge is 2.30. The second kappa shape index (κ2) is 4.29. The molecule has 0 unspecified atom stereocenters. The lowest BCUT2D eigenvalue weighted by atomic mass is 10.1. The second-order valence-corrected chi connectivity index (χ2v) is 3.48. The molecule has 0 atom stereocenters. The van der Waals surface area contributed by atoms with Crippen molar-refractivity contribution in [1.82, 2.24) is 0 Å². The molecule has 19 heavy (non-hydrogen) atoms. The van der Waals surface area contributed by atoms with Crippen molar-refractivity contribution in [3.63, 3.8) is 0 Å². The van der Waals surface area contributed by atoms with Crippen LogP contribution in [0.15, 0.2) is 0 Å². The largest absolute Gasteiger partial charge is 0.493 e. The Bertz CT molecular complexity index is 688. The first-order chi connectivity index (χ1) is 8.82. The molecule has 0 N–H and O–H groups in total. The highest BCUT2D eigenvalue weighted by molar-refractivity contribution is 5.90. The van der Waals surface area contributed by atoms with E-state index in [1.54, 1.807) is 0 Å². The van der Waals surface area contributed by atoms with E-state index in [0.717, 1.165) is 7.11 Å². The van der Waals surface area contributed by atoms with Gasteiger partial charge in [0.1, 0.15) is 0 Å². The van der Waals surface area contributed by atoms with Crippen LogP contribution in [0.4, 0.5) is 30.7 Å². The zero-order chi connectivity index (χ0) is 14.5. The lowest BCUT2D eigenvalue weighted by Crippen LogP contribution is -2.06. The minimum atomic E-state index is -2.34. The summed E-state index contributed by atoms with van der Waals surface area (Å²) >= 11 is 0.